The van der Waals surface area contributed by atoms with Gasteiger partial charge in [-0.3, -0.25) is 0 Å². The topological polar surface area (TPSA) is 92.5 Å². The largest absolute Gasteiger partial charge is 0.361 e. The van der Waals surface area contributed by atoms with Crippen LogP contribution < -0.4 is 5.32 Å². The van der Waals surface area contributed by atoms with Crippen LogP contribution in [0.15, 0.2) is 4.52 Å². The van der Waals surface area contributed by atoms with E-state index >= 15 is 0 Å². The Bertz CT molecular complexity index is 589. The Labute approximate surface area is 118 Å². The van der Waals surface area contributed by atoms with Crippen LogP contribution >= 0.6 is 0 Å². The number of nitrogens with zero attached hydrogens (tertiary/aromatic N) is 2. The normalized spacial score (nSPS) is 20.9. The van der Waals surface area contributed by atoms with Gasteiger partial charge in [0.05, 0.1) is 23.7 Å². The van der Waals surface area contributed by atoms with Gasteiger partial charge in [0, 0.05) is 18.7 Å². The fraction of sp³-hybridized carbons (Fsp3) is 0.667. The van der Waals surface area contributed by atoms with E-state index in [1.54, 1.807) is 14.0 Å². The van der Waals surface area contributed by atoms with Gasteiger partial charge in [-0.25, -0.2) is 13.2 Å². The summed E-state index contributed by atoms with van der Waals surface area (Å²) in [7, 11) is -1.33. The Morgan fingerprint density at radius 3 is 2.70 bits per heavy atom. The van der Waals surface area contributed by atoms with E-state index in [1.807, 2.05) is 6.92 Å². The molecule has 0 radical (unpaired) electrons. The lowest BCUT2D eigenvalue weighted by atomic mass is 10.2. The molecule has 7 nitrogen and oxygen atoms in total. The van der Waals surface area contributed by atoms with E-state index in [2.05, 4.69) is 10.5 Å². The molecule has 1 aliphatic rings. The first-order chi connectivity index (χ1) is 9.28. The summed E-state index contributed by atoms with van der Waals surface area (Å²) in [6.07, 6.45) is 0.479. The van der Waals surface area contributed by atoms with E-state index in [9.17, 15) is 13.2 Å². The van der Waals surface area contributed by atoms with Gasteiger partial charge in [0.1, 0.15) is 5.76 Å². The fourth-order valence-electron chi connectivity index (χ4n) is 2.23. The van der Waals surface area contributed by atoms with Crippen LogP contribution in [0.4, 0.5) is 4.79 Å². The van der Waals surface area contributed by atoms with Crippen molar-refractivity contribution >= 4 is 15.9 Å². The van der Waals surface area contributed by atoms with Gasteiger partial charge in [-0.05, 0) is 20.3 Å². The highest BCUT2D eigenvalue weighted by Crippen LogP contribution is 2.15. The summed E-state index contributed by atoms with van der Waals surface area (Å²) >= 11 is 0. The van der Waals surface area contributed by atoms with Crippen molar-refractivity contribution in [2.45, 2.75) is 32.9 Å². The van der Waals surface area contributed by atoms with Crippen LogP contribution in [-0.2, 0) is 16.4 Å². The standard InChI is InChI=1S/C12H19N3O4S/c1-8-11(9(2)19-14-8)6-15(3)12(16)13-10-4-5-20(17,18)7-10/h10H,4-7H2,1-3H3,(H,13,16)/t10-/m1/s1. The summed E-state index contributed by atoms with van der Waals surface area (Å²) in [4.78, 5) is 13.5. The number of urea groups is 1. The smallest absolute Gasteiger partial charge is 0.317 e. The lowest BCUT2D eigenvalue weighted by molar-refractivity contribution is 0.203. The van der Waals surface area contributed by atoms with Crippen molar-refractivity contribution in [2.75, 3.05) is 18.6 Å². The van der Waals surface area contributed by atoms with Crippen molar-refractivity contribution in [3.8, 4) is 0 Å². The number of sulfone groups is 1. The lowest BCUT2D eigenvalue weighted by Crippen LogP contribution is -2.43. The quantitative estimate of drug-likeness (QED) is 0.883. The third-order valence-corrected chi connectivity index (χ3v) is 5.25. The Hall–Kier alpha value is -1.57. The second kappa shape index (κ2) is 5.43. The highest BCUT2D eigenvalue weighted by Gasteiger charge is 2.29. The van der Waals surface area contributed by atoms with Gasteiger partial charge >= 0.3 is 6.03 Å². The molecule has 1 fully saturated rings. The first kappa shape index (κ1) is 14.8. The molecule has 2 amide bonds. The maximum absolute atomic E-state index is 12.0. The van der Waals surface area contributed by atoms with E-state index < -0.39 is 9.84 Å². The van der Waals surface area contributed by atoms with Gasteiger partial charge in [-0.2, -0.15) is 0 Å². The third kappa shape index (κ3) is 3.30. The van der Waals surface area contributed by atoms with Crippen molar-refractivity contribution in [3.63, 3.8) is 0 Å². The SMILES string of the molecule is Cc1noc(C)c1CN(C)C(=O)N[C@@H]1CCS(=O)(=O)C1. The van der Waals surface area contributed by atoms with Crippen LogP contribution in [0.2, 0.25) is 0 Å². The van der Waals surface area contributed by atoms with E-state index in [0.29, 0.717) is 18.7 Å². The van der Waals surface area contributed by atoms with E-state index in [4.69, 9.17) is 4.52 Å². The molecule has 0 spiro atoms. The zero-order chi connectivity index (χ0) is 14.9. The van der Waals surface area contributed by atoms with Gasteiger partial charge in [0.25, 0.3) is 0 Å². The minimum atomic E-state index is -2.99. The monoisotopic (exact) mass is 301 g/mol. The summed E-state index contributed by atoms with van der Waals surface area (Å²) in [6, 6.07) is -0.577. The maximum atomic E-state index is 12.0. The van der Waals surface area contributed by atoms with Crippen LogP contribution in [0.3, 0.4) is 0 Å². The zero-order valence-electron chi connectivity index (χ0n) is 11.8. The molecule has 2 heterocycles. The third-order valence-electron chi connectivity index (χ3n) is 3.48. The van der Waals surface area contributed by atoms with Gasteiger partial charge < -0.3 is 14.7 Å². The number of aryl methyl sites for hydroxylation is 2. The molecule has 1 saturated heterocycles. The molecule has 0 saturated carbocycles. The number of hydrogen-bond acceptors (Lipinski definition) is 5. The molecule has 0 aliphatic carbocycles. The molecule has 20 heavy (non-hydrogen) atoms. The first-order valence-electron chi connectivity index (χ1n) is 6.42. The number of carbonyl (C=O) groups is 1. The first-order valence-corrected chi connectivity index (χ1v) is 8.24. The van der Waals surface area contributed by atoms with Crippen LogP contribution in [0.25, 0.3) is 0 Å². The van der Waals surface area contributed by atoms with E-state index in [1.165, 1.54) is 4.90 Å². The summed E-state index contributed by atoms with van der Waals surface area (Å²) in [6.45, 7) is 4.00. The minimum Gasteiger partial charge on any atom is -0.361 e. The average Bonchev–Trinajstić information content (AvgIpc) is 2.85. The number of hydrogen-bond donors (Lipinski definition) is 1. The molecule has 1 aromatic heterocycles. The summed E-state index contributed by atoms with van der Waals surface area (Å²) < 4.78 is 27.8. The van der Waals surface area contributed by atoms with Crippen molar-refractivity contribution in [2.24, 2.45) is 0 Å². The number of aromatic nitrogens is 1. The summed E-state index contributed by atoms with van der Waals surface area (Å²) in [5.41, 5.74) is 1.63. The van der Waals surface area contributed by atoms with Crippen molar-refractivity contribution in [1.82, 2.24) is 15.4 Å². The molecule has 0 unspecified atom stereocenters. The highest BCUT2D eigenvalue weighted by atomic mass is 32.2. The molecule has 112 valence electrons. The number of carbonyl (C=O) groups excluding carboxylic acids is 1. The molecule has 0 bridgehead atoms. The Balaban J connectivity index is 1.93. The molecule has 1 aliphatic heterocycles. The second-order valence-corrected chi connectivity index (χ2v) is 7.44. The van der Waals surface area contributed by atoms with Crippen LogP contribution in [0.1, 0.15) is 23.4 Å². The molecule has 8 heteroatoms. The van der Waals surface area contributed by atoms with Crippen LogP contribution in [0, 0.1) is 13.8 Å². The van der Waals surface area contributed by atoms with Gasteiger partial charge in [-0.15, -0.1) is 0 Å². The molecular formula is C12H19N3O4S. The predicted molar refractivity (Wildman–Crippen MR) is 73.0 cm³/mol. The predicted octanol–water partition coefficient (Wildman–Crippen LogP) is 0.620. The van der Waals surface area contributed by atoms with Crippen LogP contribution in [-0.4, -0.2) is 49.1 Å². The molecular weight excluding hydrogens is 282 g/mol. The maximum Gasteiger partial charge on any atom is 0.317 e. The molecule has 1 atom stereocenters. The van der Waals surface area contributed by atoms with Gasteiger partial charge in [0.2, 0.25) is 0 Å². The van der Waals surface area contributed by atoms with Crippen molar-refractivity contribution in [3.05, 3.63) is 17.0 Å². The summed E-state index contributed by atoms with van der Waals surface area (Å²) in [5.74, 6) is 0.856. The average molecular weight is 301 g/mol. The Morgan fingerprint density at radius 2 is 2.20 bits per heavy atom. The van der Waals surface area contributed by atoms with E-state index in [-0.39, 0.29) is 23.6 Å². The van der Waals surface area contributed by atoms with Gasteiger partial charge in [0.15, 0.2) is 9.84 Å². The zero-order valence-corrected chi connectivity index (χ0v) is 12.7. The van der Waals surface area contributed by atoms with Crippen LogP contribution in [0.5, 0.6) is 0 Å². The van der Waals surface area contributed by atoms with Gasteiger partial charge in [-0.1, -0.05) is 5.16 Å². The molecule has 1 N–H and O–H groups in total. The molecule has 1 aromatic rings. The number of rotatable bonds is 3. The Morgan fingerprint density at radius 1 is 1.50 bits per heavy atom. The second-order valence-electron chi connectivity index (χ2n) is 5.21. The number of amides is 2. The lowest BCUT2D eigenvalue weighted by Gasteiger charge is -2.20. The minimum absolute atomic E-state index is 0.0257. The molecule has 0 aromatic carbocycles. The Kier molecular flexibility index (Phi) is 4.03. The highest BCUT2D eigenvalue weighted by molar-refractivity contribution is 7.91. The summed E-state index contributed by atoms with van der Waals surface area (Å²) in [5, 5.41) is 6.58. The van der Waals surface area contributed by atoms with Crippen molar-refractivity contribution in [1.29, 1.82) is 0 Å². The number of nitrogens with one attached hydrogen (secondary N) is 1. The fourth-order valence-corrected chi connectivity index (χ4v) is 3.90. The van der Waals surface area contributed by atoms with E-state index in [0.717, 1.165) is 11.3 Å². The van der Waals surface area contributed by atoms with Crippen molar-refractivity contribution < 1.29 is 17.7 Å². The molecule has 2 rings (SSSR count).